The predicted octanol–water partition coefficient (Wildman–Crippen LogP) is 3.01. The molecule has 0 bridgehead atoms. The molecule has 19 heavy (non-hydrogen) atoms. The van der Waals surface area contributed by atoms with E-state index in [9.17, 15) is 9.90 Å². The molecule has 1 saturated heterocycles. The number of rotatable bonds is 3. The fourth-order valence-corrected chi connectivity index (χ4v) is 2.95. The van der Waals surface area contributed by atoms with E-state index in [0.29, 0.717) is 24.9 Å². The number of carboxylic acid groups (broad SMARTS) is 1. The van der Waals surface area contributed by atoms with Gasteiger partial charge in [0.2, 0.25) is 0 Å². The number of anilines is 1. The van der Waals surface area contributed by atoms with E-state index in [0.717, 1.165) is 16.7 Å². The SMILES string of the molecule is CCC1(C(=O)O)CCN(c2ccc(C#N)c(Br)c2)C1. The number of nitrogens with zero attached hydrogens (tertiary/aromatic N) is 2. The second kappa shape index (κ2) is 5.22. The van der Waals surface area contributed by atoms with Crippen molar-refractivity contribution in [3.63, 3.8) is 0 Å². The summed E-state index contributed by atoms with van der Waals surface area (Å²) >= 11 is 3.36. The van der Waals surface area contributed by atoms with Crippen LogP contribution in [0.2, 0.25) is 0 Å². The number of benzene rings is 1. The zero-order chi connectivity index (χ0) is 14.0. The van der Waals surface area contributed by atoms with Gasteiger partial charge in [-0.2, -0.15) is 5.26 Å². The summed E-state index contributed by atoms with van der Waals surface area (Å²) in [6.45, 7) is 3.18. The molecule has 100 valence electrons. The highest BCUT2D eigenvalue weighted by molar-refractivity contribution is 9.10. The summed E-state index contributed by atoms with van der Waals surface area (Å²) in [6, 6.07) is 7.61. The van der Waals surface area contributed by atoms with Gasteiger partial charge in [-0.3, -0.25) is 4.79 Å². The number of hydrogen-bond donors (Lipinski definition) is 1. The van der Waals surface area contributed by atoms with Crippen LogP contribution in [0.1, 0.15) is 25.3 Å². The Balaban J connectivity index is 2.24. The molecule has 0 aliphatic carbocycles. The molecule has 1 unspecified atom stereocenters. The largest absolute Gasteiger partial charge is 0.481 e. The van der Waals surface area contributed by atoms with Crippen molar-refractivity contribution in [2.24, 2.45) is 5.41 Å². The molecular formula is C14H15BrN2O2. The van der Waals surface area contributed by atoms with Gasteiger partial charge in [0, 0.05) is 23.2 Å². The third-order valence-corrected chi connectivity index (χ3v) is 4.58. The molecule has 1 aromatic carbocycles. The lowest BCUT2D eigenvalue weighted by molar-refractivity contribution is -0.147. The van der Waals surface area contributed by atoms with Gasteiger partial charge < -0.3 is 10.0 Å². The molecule has 5 heteroatoms. The minimum Gasteiger partial charge on any atom is -0.481 e. The Morgan fingerprint density at radius 1 is 1.63 bits per heavy atom. The quantitative estimate of drug-likeness (QED) is 0.929. The number of carbonyl (C=O) groups is 1. The molecule has 0 saturated carbocycles. The highest BCUT2D eigenvalue weighted by atomic mass is 79.9. The summed E-state index contributed by atoms with van der Waals surface area (Å²) in [7, 11) is 0. The topological polar surface area (TPSA) is 64.3 Å². The van der Waals surface area contributed by atoms with Crippen LogP contribution in [0.4, 0.5) is 5.69 Å². The van der Waals surface area contributed by atoms with E-state index in [-0.39, 0.29) is 0 Å². The number of nitriles is 1. The monoisotopic (exact) mass is 322 g/mol. The average molecular weight is 323 g/mol. The summed E-state index contributed by atoms with van der Waals surface area (Å²) in [4.78, 5) is 13.5. The summed E-state index contributed by atoms with van der Waals surface area (Å²) in [6.07, 6.45) is 1.30. The molecule has 1 heterocycles. The number of hydrogen-bond acceptors (Lipinski definition) is 3. The number of halogens is 1. The smallest absolute Gasteiger partial charge is 0.311 e. The van der Waals surface area contributed by atoms with E-state index in [2.05, 4.69) is 26.9 Å². The van der Waals surface area contributed by atoms with Crippen LogP contribution in [0.15, 0.2) is 22.7 Å². The van der Waals surface area contributed by atoms with Crippen LogP contribution in [-0.2, 0) is 4.79 Å². The highest BCUT2D eigenvalue weighted by Crippen LogP contribution is 2.37. The Kier molecular flexibility index (Phi) is 3.81. The Morgan fingerprint density at radius 2 is 2.37 bits per heavy atom. The van der Waals surface area contributed by atoms with Crippen LogP contribution >= 0.6 is 15.9 Å². The molecule has 1 aromatic rings. The van der Waals surface area contributed by atoms with Gasteiger partial charge in [-0.15, -0.1) is 0 Å². The van der Waals surface area contributed by atoms with Crippen LogP contribution in [0.5, 0.6) is 0 Å². The molecule has 1 N–H and O–H groups in total. The lowest BCUT2D eigenvalue weighted by Gasteiger charge is -2.24. The Bertz CT molecular complexity index is 553. The summed E-state index contributed by atoms with van der Waals surface area (Å²) in [5.74, 6) is -0.717. The Morgan fingerprint density at radius 3 is 2.84 bits per heavy atom. The second-order valence-electron chi connectivity index (χ2n) is 4.89. The highest BCUT2D eigenvalue weighted by Gasteiger charge is 2.43. The molecule has 2 rings (SSSR count). The maximum absolute atomic E-state index is 11.4. The van der Waals surface area contributed by atoms with E-state index < -0.39 is 11.4 Å². The van der Waals surface area contributed by atoms with Gasteiger partial charge in [-0.05, 0) is 47.0 Å². The van der Waals surface area contributed by atoms with Crippen LogP contribution in [0.25, 0.3) is 0 Å². The van der Waals surface area contributed by atoms with E-state index in [1.54, 1.807) is 6.07 Å². The van der Waals surface area contributed by atoms with Crippen LogP contribution < -0.4 is 4.90 Å². The Hall–Kier alpha value is -1.54. The predicted molar refractivity (Wildman–Crippen MR) is 76.0 cm³/mol. The molecular weight excluding hydrogens is 308 g/mol. The molecule has 1 aliphatic heterocycles. The average Bonchev–Trinajstić information content (AvgIpc) is 2.84. The maximum atomic E-state index is 11.4. The van der Waals surface area contributed by atoms with E-state index >= 15 is 0 Å². The van der Waals surface area contributed by atoms with E-state index in [1.165, 1.54) is 0 Å². The van der Waals surface area contributed by atoms with Crippen LogP contribution in [-0.4, -0.2) is 24.2 Å². The van der Waals surface area contributed by atoms with E-state index in [4.69, 9.17) is 5.26 Å². The maximum Gasteiger partial charge on any atom is 0.311 e. The molecule has 4 nitrogen and oxygen atoms in total. The van der Waals surface area contributed by atoms with Gasteiger partial charge in [-0.1, -0.05) is 6.92 Å². The molecule has 0 aromatic heterocycles. The fraction of sp³-hybridized carbons (Fsp3) is 0.429. The van der Waals surface area contributed by atoms with Crippen molar-refractivity contribution in [3.8, 4) is 6.07 Å². The molecule has 0 spiro atoms. The first-order valence-corrected chi connectivity index (χ1v) is 7.00. The summed E-state index contributed by atoms with van der Waals surface area (Å²) in [5, 5.41) is 18.3. The Labute approximate surface area is 120 Å². The van der Waals surface area contributed by atoms with Gasteiger partial charge in [0.1, 0.15) is 6.07 Å². The van der Waals surface area contributed by atoms with Crippen molar-refractivity contribution in [2.75, 3.05) is 18.0 Å². The summed E-state index contributed by atoms with van der Waals surface area (Å²) < 4.78 is 0.747. The molecule has 0 radical (unpaired) electrons. The molecule has 1 aliphatic rings. The third-order valence-electron chi connectivity index (χ3n) is 3.92. The van der Waals surface area contributed by atoms with Crippen LogP contribution in [0.3, 0.4) is 0 Å². The van der Waals surface area contributed by atoms with Gasteiger partial charge >= 0.3 is 5.97 Å². The first-order valence-electron chi connectivity index (χ1n) is 6.20. The number of aliphatic carboxylic acids is 1. The van der Waals surface area contributed by atoms with Crippen molar-refractivity contribution in [3.05, 3.63) is 28.2 Å². The lowest BCUT2D eigenvalue weighted by Crippen LogP contribution is -2.34. The second-order valence-corrected chi connectivity index (χ2v) is 5.74. The lowest BCUT2D eigenvalue weighted by atomic mass is 9.84. The first kappa shape index (κ1) is 13.9. The zero-order valence-corrected chi connectivity index (χ0v) is 12.3. The third kappa shape index (κ3) is 2.45. The van der Waals surface area contributed by atoms with Gasteiger partial charge in [0.05, 0.1) is 11.0 Å². The molecule has 1 fully saturated rings. The first-order chi connectivity index (χ1) is 9.02. The minimum atomic E-state index is -0.717. The van der Waals surface area contributed by atoms with Crippen LogP contribution in [0, 0.1) is 16.7 Å². The van der Waals surface area contributed by atoms with Gasteiger partial charge in [0.25, 0.3) is 0 Å². The normalized spacial score (nSPS) is 22.3. The summed E-state index contributed by atoms with van der Waals surface area (Å²) in [5.41, 5.74) is 0.908. The van der Waals surface area contributed by atoms with Crippen molar-refractivity contribution in [1.29, 1.82) is 5.26 Å². The van der Waals surface area contributed by atoms with Crippen molar-refractivity contribution < 1.29 is 9.90 Å². The van der Waals surface area contributed by atoms with Gasteiger partial charge in [0.15, 0.2) is 0 Å². The van der Waals surface area contributed by atoms with E-state index in [1.807, 2.05) is 19.1 Å². The molecule has 0 amide bonds. The van der Waals surface area contributed by atoms with Crippen molar-refractivity contribution >= 4 is 27.6 Å². The van der Waals surface area contributed by atoms with Gasteiger partial charge in [-0.25, -0.2) is 0 Å². The van der Waals surface area contributed by atoms with Crippen molar-refractivity contribution in [2.45, 2.75) is 19.8 Å². The van der Waals surface area contributed by atoms with Crippen molar-refractivity contribution in [1.82, 2.24) is 0 Å². The fourth-order valence-electron chi connectivity index (χ4n) is 2.50. The minimum absolute atomic E-state index is 0.525. The standard InChI is InChI=1S/C14H15BrN2O2/c1-2-14(13(18)19)5-6-17(9-14)11-4-3-10(8-16)12(15)7-11/h3-4,7H,2,5-6,9H2,1H3,(H,18,19). The molecule has 1 atom stereocenters. The zero-order valence-electron chi connectivity index (χ0n) is 10.7. The number of carboxylic acids is 1.